The number of hydrogen-bond donors (Lipinski definition) is 2. The molecule has 12 heavy (non-hydrogen) atoms. The van der Waals surface area contributed by atoms with E-state index < -0.39 is 21.5 Å². The molecule has 3 N–H and O–H groups in total. The first kappa shape index (κ1) is 11.4. The highest BCUT2D eigenvalue weighted by Crippen LogP contribution is 1.87. The Kier molecular flexibility index (Phi) is 4.84. The molecule has 0 aromatic carbocycles. The van der Waals surface area contributed by atoms with Crippen LogP contribution in [0.2, 0.25) is 0 Å². The second-order valence-corrected chi connectivity index (χ2v) is 4.67. The zero-order valence-corrected chi connectivity index (χ0v) is 7.86. The third-order valence-corrected chi connectivity index (χ3v) is 2.84. The van der Waals surface area contributed by atoms with Crippen LogP contribution in [0.5, 0.6) is 0 Å². The highest BCUT2D eigenvalue weighted by molar-refractivity contribution is 7.92. The maximum absolute atomic E-state index is 10.9. The number of rotatable bonds is 5. The van der Waals surface area contributed by atoms with Gasteiger partial charge in [0.2, 0.25) is 5.91 Å². The van der Waals surface area contributed by atoms with Crippen molar-refractivity contribution in [1.82, 2.24) is 5.32 Å². The summed E-state index contributed by atoms with van der Waals surface area (Å²) in [7, 11) is -3.20. The number of sulfone groups is 1. The maximum Gasteiger partial charge on any atom is 0.235 e. The Morgan fingerprint density at radius 1 is 1.50 bits per heavy atom. The minimum Gasteiger partial charge on any atom is -0.354 e. The number of carbonyl (C=O) groups is 1. The molecule has 0 bridgehead atoms. The zero-order chi connectivity index (χ0) is 9.61. The molecule has 0 aromatic heterocycles. The van der Waals surface area contributed by atoms with Crippen molar-refractivity contribution in [2.45, 2.75) is 6.92 Å². The molecule has 0 rings (SSSR count). The predicted molar refractivity (Wildman–Crippen MR) is 46.4 cm³/mol. The van der Waals surface area contributed by atoms with Crippen molar-refractivity contribution in [3.05, 3.63) is 0 Å². The lowest BCUT2D eigenvalue weighted by Crippen LogP contribution is -2.34. The lowest BCUT2D eigenvalue weighted by Gasteiger charge is -2.02. The summed E-state index contributed by atoms with van der Waals surface area (Å²) in [6, 6.07) is 0. The fraction of sp³-hybridized carbons (Fsp3) is 0.833. The average molecular weight is 194 g/mol. The van der Waals surface area contributed by atoms with Gasteiger partial charge in [0.25, 0.3) is 0 Å². The summed E-state index contributed by atoms with van der Waals surface area (Å²) in [5.41, 5.74) is 5.11. The Bertz CT molecular complexity index is 235. The Hall–Kier alpha value is -0.620. The zero-order valence-electron chi connectivity index (χ0n) is 7.04. The predicted octanol–water partition coefficient (Wildman–Crippen LogP) is -1.50. The largest absolute Gasteiger partial charge is 0.354 e. The highest BCUT2D eigenvalue weighted by atomic mass is 32.2. The maximum atomic E-state index is 10.9. The van der Waals surface area contributed by atoms with Gasteiger partial charge in [0.15, 0.2) is 9.84 Å². The van der Waals surface area contributed by atoms with Crippen LogP contribution in [-0.4, -0.2) is 38.9 Å². The van der Waals surface area contributed by atoms with Crippen LogP contribution in [0.25, 0.3) is 0 Å². The third-order valence-electron chi connectivity index (χ3n) is 1.26. The van der Waals surface area contributed by atoms with E-state index in [1.807, 2.05) is 0 Å². The molecule has 0 saturated heterocycles. The van der Waals surface area contributed by atoms with Crippen LogP contribution >= 0.6 is 0 Å². The first-order chi connectivity index (χ1) is 5.52. The van der Waals surface area contributed by atoms with Crippen LogP contribution in [-0.2, 0) is 14.6 Å². The molecule has 1 amide bonds. The number of nitrogens with two attached hydrogens (primary N) is 1. The lowest BCUT2D eigenvalue weighted by molar-refractivity contribution is -0.118. The van der Waals surface area contributed by atoms with Crippen LogP contribution in [0, 0.1) is 0 Å². The number of hydrogen-bond acceptors (Lipinski definition) is 4. The third kappa shape index (κ3) is 5.09. The van der Waals surface area contributed by atoms with Gasteiger partial charge in [-0.25, -0.2) is 8.42 Å². The average Bonchev–Trinajstić information content (AvgIpc) is 2.00. The molecule has 0 radical (unpaired) electrons. The van der Waals surface area contributed by atoms with Gasteiger partial charge >= 0.3 is 0 Å². The molecule has 0 unspecified atom stereocenters. The molecule has 0 aliphatic rings. The summed E-state index contributed by atoms with van der Waals surface area (Å²) in [4.78, 5) is 10.8. The van der Waals surface area contributed by atoms with E-state index in [2.05, 4.69) is 5.32 Å². The van der Waals surface area contributed by atoms with Crippen LogP contribution in [0.15, 0.2) is 0 Å². The van der Waals surface area contributed by atoms with Gasteiger partial charge in [-0.3, -0.25) is 4.79 Å². The van der Waals surface area contributed by atoms with Crippen molar-refractivity contribution in [3.8, 4) is 0 Å². The summed E-state index contributed by atoms with van der Waals surface area (Å²) in [6.07, 6.45) is 0. The highest BCUT2D eigenvalue weighted by Gasteiger charge is 2.12. The van der Waals surface area contributed by atoms with Crippen LogP contribution in [0.1, 0.15) is 6.92 Å². The number of nitrogens with one attached hydrogen (secondary N) is 1. The van der Waals surface area contributed by atoms with Gasteiger partial charge in [-0.2, -0.15) is 0 Å². The van der Waals surface area contributed by atoms with Gasteiger partial charge in [0.05, 0.1) is 0 Å². The smallest absolute Gasteiger partial charge is 0.235 e. The topological polar surface area (TPSA) is 89.3 Å². The van der Waals surface area contributed by atoms with E-state index in [1.54, 1.807) is 0 Å². The molecule has 0 fully saturated rings. The molecular weight excluding hydrogens is 180 g/mol. The number of amides is 1. The van der Waals surface area contributed by atoms with Gasteiger partial charge in [-0.1, -0.05) is 6.92 Å². The van der Waals surface area contributed by atoms with E-state index >= 15 is 0 Å². The second-order valence-electron chi connectivity index (χ2n) is 2.32. The first-order valence-corrected chi connectivity index (χ1v) is 5.51. The van der Waals surface area contributed by atoms with E-state index in [-0.39, 0.29) is 5.75 Å². The Morgan fingerprint density at radius 3 is 2.50 bits per heavy atom. The van der Waals surface area contributed by atoms with Crippen LogP contribution in [0.4, 0.5) is 0 Å². The van der Waals surface area contributed by atoms with Crippen LogP contribution < -0.4 is 11.1 Å². The molecule has 72 valence electrons. The number of carbonyl (C=O) groups excluding carboxylic acids is 1. The van der Waals surface area contributed by atoms with Crippen LogP contribution in [0.3, 0.4) is 0 Å². The monoisotopic (exact) mass is 194 g/mol. The van der Waals surface area contributed by atoms with E-state index in [1.165, 1.54) is 6.92 Å². The SMILES string of the molecule is CCS(=O)(=O)CC(=O)NCCN. The van der Waals surface area contributed by atoms with E-state index in [0.717, 1.165) is 0 Å². The molecule has 0 saturated carbocycles. The standard InChI is InChI=1S/C6H14N2O3S/c1-2-12(10,11)5-6(9)8-4-3-7/h2-5,7H2,1H3,(H,8,9). The van der Waals surface area contributed by atoms with Gasteiger partial charge in [0.1, 0.15) is 5.75 Å². The molecule has 0 aromatic rings. The normalized spacial score (nSPS) is 11.2. The Morgan fingerprint density at radius 2 is 2.08 bits per heavy atom. The Labute approximate surface area is 72.2 Å². The van der Waals surface area contributed by atoms with Crippen molar-refractivity contribution >= 4 is 15.7 Å². The molecule has 6 heteroatoms. The molecule has 5 nitrogen and oxygen atoms in total. The van der Waals surface area contributed by atoms with Gasteiger partial charge < -0.3 is 11.1 Å². The summed E-state index contributed by atoms with van der Waals surface area (Å²) in [5.74, 6) is -0.936. The Balaban J connectivity index is 3.85. The van der Waals surface area contributed by atoms with Crippen molar-refractivity contribution < 1.29 is 13.2 Å². The molecule has 0 spiro atoms. The fourth-order valence-corrected chi connectivity index (χ4v) is 1.27. The summed E-state index contributed by atoms with van der Waals surface area (Å²) < 4.78 is 21.8. The fourth-order valence-electron chi connectivity index (χ4n) is 0.564. The quantitative estimate of drug-likeness (QED) is 0.557. The van der Waals surface area contributed by atoms with Gasteiger partial charge in [-0.15, -0.1) is 0 Å². The van der Waals surface area contributed by atoms with Crippen molar-refractivity contribution in [2.24, 2.45) is 5.73 Å². The lowest BCUT2D eigenvalue weighted by atomic mass is 10.6. The van der Waals surface area contributed by atoms with E-state index in [4.69, 9.17) is 5.73 Å². The van der Waals surface area contributed by atoms with Gasteiger partial charge in [0, 0.05) is 18.8 Å². The molecular formula is C6H14N2O3S. The summed E-state index contributed by atoms with van der Waals surface area (Å²) >= 11 is 0. The second kappa shape index (κ2) is 5.10. The van der Waals surface area contributed by atoms with Gasteiger partial charge in [-0.05, 0) is 0 Å². The van der Waals surface area contributed by atoms with E-state index in [0.29, 0.717) is 13.1 Å². The molecule has 0 atom stereocenters. The summed E-state index contributed by atoms with van der Waals surface area (Å²) in [6.45, 7) is 2.14. The molecule has 0 heterocycles. The van der Waals surface area contributed by atoms with E-state index in [9.17, 15) is 13.2 Å². The molecule has 0 aliphatic heterocycles. The minimum absolute atomic E-state index is 0.0109. The first-order valence-electron chi connectivity index (χ1n) is 3.69. The summed E-state index contributed by atoms with van der Waals surface area (Å²) in [5, 5.41) is 2.38. The van der Waals surface area contributed by atoms with Crippen molar-refractivity contribution in [1.29, 1.82) is 0 Å². The van der Waals surface area contributed by atoms with Crippen molar-refractivity contribution in [3.63, 3.8) is 0 Å². The minimum atomic E-state index is -3.20. The van der Waals surface area contributed by atoms with Crippen molar-refractivity contribution in [2.75, 3.05) is 24.6 Å². The molecule has 0 aliphatic carbocycles.